The number of aliphatic carboxylic acids is 1. The number of nitrogens with zero attached hydrogens (tertiary/aromatic N) is 1. The molecule has 3 aliphatic rings. The highest BCUT2D eigenvalue weighted by molar-refractivity contribution is 5.83. The Hall–Kier alpha value is -1.26. The number of carbonyl (C=O) groups excluding carboxylic acids is 1. The molecule has 4 atom stereocenters. The van der Waals surface area contributed by atoms with Gasteiger partial charge in [-0.05, 0) is 48.9 Å². The van der Waals surface area contributed by atoms with Gasteiger partial charge in [-0.2, -0.15) is 0 Å². The Morgan fingerprint density at radius 1 is 1.24 bits per heavy atom. The van der Waals surface area contributed by atoms with Crippen molar-refractivity contribution in [2.45, 2.75) is 65.0 Å². The molecule has 0 radical (unpaired) electrons. The van der Waals surface area contributed by atoms with Crippen molar-refractivity contribution in [2.75, 3.05) is 6.54 Å². The van der Waals surface area contributed by atoms with Crippen molar-refractivity contribution >= 4 is 12.0 Å². The van der Waals surface area contributed by atoms with Crippen LogP contribution in [0.4, 0.5) is 4.79 Å². The number of hydrogen-bond acceptors (Lipinski definition) is 2. The molecule has 118 valence electrons. The van der Waals surface area contributed by atoms with Crippen LogP contribution >= 0.6 is 0 Å². The SMILES string of the molecule is CC12CCC(C1)C(C)(C)C2NC(=O)N1CCC[C@H]1C(=O)O. The van der Waals surface area contributed by atoms with E-state index in [4.69, 9.17) is 0 Å². The molecule has 0 spiro atoms. The monoisotopic (exact) mass is 294 g/mol. The van der Waals surface area contributed by atoms with Gasteiger partial charge in [-0.15, -0.1) is 0 Å². The first kappa shape index (κ1) is 14.7. The molecule has 5 nitrogen and oxygen atoms in total. The van der Waals surface area contributed by atoms with E-state index in [0.29, 0.717) is 18.9 Å². The van der Waals surface area contributed by atoms with E-state index in [-0.39, 0.29) is 22.9 Å². The predicted molar refractivity (Wildman–Crippen MR) is 78.9 cm³/mol. The summed E-state index contributed by atoms with van der Waals surface area (Å²) in [6.07, 6.45) is 4.92. The minimum absolute atomic E-state index is 0.0983. The van der Waals surface area contributed by atoms with E-state index in [1.165, 1.54) is 17.7 Å². The van der Waals surface area contributed by atoms with Crippen LogP contribution in [0.3, 0.4) is 0 Å². The smallest absolute Gasteiger partial charge is 0.326 e. The zero-order chi connectivity index (χ0) is 15.4. The quantitative estimate of drug-likeness (QED) is 0.822. The molecule has 2 bridgehead atoms. The standard InChI is InChI=1S/C16H26N2O3/c1-15(2)10-6-7-16(3,9-10)13(15)17-14(21)18-8-4-5-11(18)12(19)20/h10-11,13H,4-9H2,1-3H3,(H,17,21)(H,19,20)/t10?,11-,13?,16?/m0/s1. The van der Waals surface area contributed by atoms with Gasteiger partial charge in [-0.1, -0.05) is 20.8 Å². The fourth-order valence-electron chi connectivity index (χ4n) is 5.14. The molecule has 5 heteroatoms. The van der Waals surface area contributed by atoms with Gasteiger partial charge in [0.1, 0.15) is 6.04 Å². The first-order valence-corrected chi connectivity index (χ1v) is 8.06. The second kappa shape index (κ2) is 4.62. The third kappa shape index (κ3) is 2.12. The van der Waals surface area contributed by atoms with Crippen molar-refractivity contribution in [1.29, 1.82) is 0 Å². The molecule has 2 amide bonds. The van der Waals surface area contributed by atoms with Gasteiger partial charge in [-0.3, -0.25) is 0 Å². The molecule has 2 aliphatic carbocycles. The van der Waals surface area contributed by atoms with E-state index in [0.717, 1.165) is 12.8 Å². The number of amides is 2. The van der Waals surface area contributed by atoms with Crippen LogP contribution in [0, 0.1) is 16.7 Å². The molecule has 1 heterocycles. The number of carbonyl (C=O) groups is 2. The number of carboxylic acids is 1. The lowest BCUT2D eigenvalue weighted by molar-refractivity contribution is -0.141. The van der Waals surface area contributed by atoms with E-state index >= 15 is 0 Å². The lowest BCUT2D eigenvalue weighted by atomic mass is 9.68. The molecule has 21 heavy (non-hydrogen) atoms. The number of urea groups is 1. The topological polar surface area (TPSA) is 69.6 Å². The largest absolute Gasteiger partial charge is 0.480 e. The fourth-order valence-corrected chi connectivity index (χ4v) is 5.14. The van der Waals surface area contributed by atoms with Gasteiger partial charge >= 0.3 is 12.0 Å². The van der Waals surface area contributed by atoms with Crippen LogP contribution < -0.4 is 5.32 Å². The number of hydrogen-bond donors (Lipinski definition) is 2. The summed E-state index contributed by atoms with van der Waals surface area (Å²) in [5, 5.41) is 12.4. The second-order valence-electron chi connectivity index (χ2n) is 7.99. The number of fused-ring (bicyclic) bond motifs is 2. The van der Waals surface area contributed by atoms with Gasteiger partial charge in [0, 0.05) is 12.6 Å². The molecule has 3 unspecified atom stereocenters. The Morgan fingerprint density at radius 3 is 2.52 bits per heavy atom. The van der Waals surface area contributed by atoms with Crippen LogP contribution in [0.5, 0.6) is 0 Å². The second-order valence-corrected chi connectivity index (χ2v) is 7.99. The van der Waals surface area contributed by atoms with Crippen molar-refractivity contribution < 1.29 is 14.7 Å². The summed E-state index contributed by atoms with van der Waals surface area (Å²) < 4.78 is 0. The first-order chi connectivity index (χ1) is 9.75. The lowest BCUT2D eigenvalue weighted by Crippen LogP contribution is -2.57. The first-order valence-electron chi connectivity index (χ1n) is 8.06. The van der Waals surface area contributed by atoms with Gasteiger partial charge in [0.25, 0.3) is 0 Å². The number of nitrogens with one attached hydrogen (secondary N) is 1. The summed E-state index contributed by atoms with van der Waals surface area (Å²) >= 11 is 0. The lowest BCUT2D eigenvalue weighted by Gasteiger charge is -2.43. The van der Waals surface area contributed by atoms with Crippen LogP contribution in [-0.4, -0.2) is 40.6 Å². The highest BCUT2D eigenvalue weighted by atomic mass is 16.4. The Balaban J connectivity index is 1.74. The molecular formula is C16H26N2O3. The summed E-state index contributed by atoms with van der Waals surface area (Å²) in [7, 11) is 0. The zero-order valence-corrected chi connectivity index (χ0v) is 13.2. The molecule has 1 saturated heterocycles. The number of carboxylic acid groups (broad SMARTS) is 1. The van der Waals surface area contributed by atoms with Gasteiger partial charge in [-0.25, -0.2) is 9.59 Å². The van der Waals surface area contributed by atoms with E-state index in [1.54, 1.807) is 0 Å². The van der Waals surface area contributed by atoms with E-state index in [2.05, 4.69) is 26.1 Å². The average Bonchev–Trinajstić information content (AvgIpc) is 3.04. The summed E-state index contributed by atoms with van der Waals surface area (Å²) in [5.41, 5.74) is 0.267. The predicted octanol–water partition coefficient (Wildman–Crippen LogP) is 2.46. The van der Waals surface area contributed by atoms with Crippen LogP contribution in [-0.2, 0) is 4.79 Å². The molecule has 0 aromatic heterocycles. The zero-order valence-electron chi connectivity index (χ0n) is 13.2. The Morgan fingerprint density at radius 2 is 1.95 bits per heavy atom. The molecule has 0 aromatic rings. The van der Waals surface area contributed by atoms with Gasteiger partial charge in [0.05, 0.1) is 0 Å². The Kier molecular flexibility index (Phi) is 3.22. The van der Waals surface area contributed by atoms with Crippen LogP contribution in [0.25, 0.3) is 0 Å². The van der Waals surface area contributed by atoms with Crippen LogP contribution in [0.1, 0.15) is 52.9 Å². The van der Waals surface area contributed by atoms with Gasteiger partial charge < -0.3 is 15.3 Å². The van der Waals surface area contributed by atoms with Crippen molar-refractivity contribution in [1.82, 2.24) is 10.2 Å². The molecule has 2 saturated carbocycles. The minimum Gasteiger partial charge on any atom is -0.480 e. The number of rotatable bonds is 2. The summed E-state index contributed by atoms with van der Waals surface area (Å²) in [6.45, 7) is 7.30. The molecule has 1 aliphatic heterocycles. The molecule has 3 rings (SSSR count). The molecule has 3 fully saturated rings. The highest BCUT2D eigenvalue weighted by Crippen LogP contribution is 2.62. The summed E-state index contributed by atoms with van der Waals surface area (Å²) in [6, 6.07) is -0.697. The van der Waals surface area contributed by atoms with E-state index in [1.807, 2.05) is 0 Å². The van der Waals surface area contributed by atoms with Crippen molar-refractivity contribution in [3.63, 3.8) is 0 Å². The van der Waals surface area contributed by atoms with E-state index < -0.39 is 12.0 Å². The highest BCUT2D eigenvalue weighted by Gasteiger charge is 2.60. The van der Waals surface area contributed by atoms with Crippen molar-refractivity contribution in [3.8, 4) is 0 Å². The molecule has 2 N–H and O–H groups in total. The molecule has 0 aromatic carbocycles. The fraction of sp³-hybridized carbons (Fsp3) is 0.875. The molecular weight excluding hydrogens is 268 g/mol. The number of likely N-dealkylation sites (tertiary alicyclic amines) is 1. The summed E-state index contributed by atoms with van der Waals surface area (Å²) in [5.74, 6) is -0.220. The maximum absolute atomic E-state index is 12.6. The van der Waals surface area contributed by atoms with Gasteiger partial charge in [0.15, 0.2) is 0 Å². The Bertz CT molecular complexity index is 471. The average molecular weight is 294 g/mol. The summed E-state index contributed by atoms with van der Waals surface area (Å²) in [4.78, 5) is 25.3. The van der Waals surface area contributed by atoms with Crippen LogP contribution in [0.2, 0.25) is 0 Å². The van der Waals surface area contributed by atoms with Crippen molar-refractivity contribution in [3.05, 3.63) is 0 Å². The maximum Gasteiger partial charge on any atom is 0.326 e. The van der Waals surface area contributed by atoms with Crippen molar-refractivity contribution in [2.24, 2.45) is 16.7 Å². The van der Waals surface area contributed by atoms with Gasteiger partial charge in [0.2, 0.25) is 0 Å². The third-order valence-corrected chi connectivity index (χ3v) is 6.34. The third-order valence-electron chi connectivity index (χ3n) is 6.34. The van der Waals surface area contributed by atoms with E-state index in [9.17, 15) is 14.7 Å². The van der Waals surface area contributed by atoms with Crippen LogP contribution in [0.15, 0.2) is 0 Å². The normalized spacial score (nSPS) is 40.5. The maximum atomic E-state index is 12.6. The minimum atomic E-state index is -0.888. The Labute approximate surface area is 126 Å².